The Kier molecular flexibility index (Phi) is 9.52. The zero-order chi connectivity index (χ0) is 30.8. The van der Waals surface area contributed by atoms with Crippen molar-refractivity contribution < 1.29 is 14.4 Å². The molecule has 8 heteroatoms. The van der Waals surface area contributed by atoms with Crippen LogP contribution in [-0.4, -0.2) is 47.3 Å². The molecule has 0 aromatic heterocycles. The van der Waals surface area contributed by atoms with Crippen molar-refractivity contribution >= 4 is 29.3 Å². The molecule has 1 saturated heterocycles. The number of carbonyl (C=O) groups is 3. The number of likely N-dealkylation sites (tertiary alicyclic amines) is 1. The van der Waals surface area contributed by atoms with Crippen molar-refractivity contribution in [1.82, 2.24) is 15.5 Å². The second-order valence-corrected chi connectivity index (χ2v) is 14.4. The molecule has 3 amide bonds. The fourth-order valence-electron chi connectivity index (χ4n) is 7.50. The van der Waals surface area contributed by atoms with Crippen LogP contribution in [0.1, 0.15) is 88.4 Å². The molecule has 2 aromatic carbocycles. The molecule has 2 aliphatic carbocycles. The predicted octanol–water partition coefficient (Wildman–Crippen LogP) is 5.34. The van der Waals surface area contributed by atoms with E-state index in [1.165, 1.54) is 6.42 Å². The minimum atomic E-state index is -0.741. The molecule has 2 aromatic rings. The van der Waals surface area contributed by atoms with Gasteiger partial charge in [-0.2, -0.15) is 0 Å². The van der Waals surface area contributed by atoms with Gasteiger partial charge in [0.25, 0.3) is 0 Å². The Morgan fingerprint density at radius 2 is 1.65 bits per heavy atom. The van der Waals surface area contributed by atoms with Crippen molar-refractivity contribution in [2.45, 2.75) is 96.2 Å². The van der Waals surface area contributed by atoms with Crippen LogP contribution in [0.25, 0.3) is 0 Å². The summed E-state index contributed by atoms with van der Waals surface area (Å²) in [7, 11) is 0. The second kappa shape index (κ2) is 13.0. The lowest BCUT2D eigenvalue weighted by atomic mass is 9.63. The molecule has 1 saturated carbocycles. The Hall–Kier alpha value is -2.90. The van der Waals surface area contributed by atoms with E-state index in [1.54, 1.807) is 12.1 Å². The third-order valence-electron chi connectivity index (χ3n) is 9.89. The van der Waals surface area contributed by atoms with Gasteiger partial charge in [0.2, 0.25) is 17.7 Å². The van der Waals surface area contributed by atoms with Crippen LogP contribution >= 0.6 is 11.6 Å². The maximum Gasteiger partial charge on any atom is 0.245 e. The molecule has 3 atom stereocenters. The Morgan fingerprint density at radius 1 is 1.00 bits per heavy atom. The summed E-state index contributed by atoms with van der Waals surface area (Å²) >= 11 is 6.13. The highest BCUT2D eigenvalue weighted by Crippen LogP contribution is 2.46. The number of carbonyl (C=O) groups excluding carboxylic acids is 3. The van der Waals surface area contributed by atoms with Gasteiger partial charge >= 0.3 is 0 Å². The molecule has 5 rings (SSSR count). The van der Waals surface area contributed by atoms with Crippen LogP contribution in [0.15, 0.2) is 48.5 Å². The molecule has 1 heterocycles. The molecule has 0 spiro atoms. The van der Waals surface area contributed by atoms with Crippen molar-refractivity contribution in [3.8, 4) is 0 Å². The van der Waals surface area contributed by atoms with Gasteiger partial charge in [0, 0.05) is 36.1 Å². The van der Waals surface area contributed by atoms with E-state index in [9.17, 15) is 14.4 Å². The standard InChI is InChI=1S/C35H47ClN4O3/c1-34(2,3)39-33(43)35(25-10-5-4-6-11-25)17-19-40(20-18-35)32(42)29(21-23-13-15-26(36)16-14-23)38-31(41)28-22-24-9-7-8-12-27(24)30(28)37/h7-9,12-16,25,28-30H,4-6,10-11,17-22,37H2,1-3H3,(H,38,41)(H,39,43)/t28?,29-,30?/m1/s1. The van der Waals surface area contributed by atoms with Crippen molar-refractivity contribution in [3.05, 3.63) is 70.2 Å². The topological polar surface area (TPSA) is 105 Å². The van der Waals surface area contributed by atoms with Crippen LogP contribution in [0.4, 0.5) is 0 Å². The normalized spacial score (nSPS) is 22.9. The highest BCUT2D eigenvalue weighted by Gasteiger charge is 2.49. The Bertz CT molecular complexity index is 1310. The number of amides is 3. The zero-order valence-corrected chi connectivity index (χ0v) is 26.6. The van der Waals surface area contributed by atoms with Crippen molar-refractivity contribution in [1.29, 1.82) is 0 Å². The quantitative estimate of drug-likeness (QED) is 0.395. The summed E-state index contributed by atoms with van der Waals surface area (Å²) in [4.78, 5) is 43.5. The van der Waals surface area contributed by atoms with Gasteiger partial charge in [-0.15, -0.1) is 0 Å². The number of nitrogens with one attached hydrogen (secondary N) is 2. The number of nitrogens with two attached hydrogens (primary N) is 1. The van der Waals surface area contributed by atoms with E-state index in [-0.39, 0.29) is 23.3 Å². The average molecular weight is 607 g/mol. The van der Waals surface area contributed by atoms with Crippen molar-refractivity contribution in [3.63, 3.8) is 0 Å². The number of nitrogens with zero attached hydrogens (tertiary/aromatic N) is 1. The number of piperidine rings is 1. The smallest absolute Gasteiger partial charge is 0.245 e. The van der Waals surface area contributed by atoms with Crippen LogP contribution < -0.4 is 16.4 Å². The molecule has 43 heavy (non-hydrogen) atoms. The summed E-state index contributed by atoms with van der Waals surface area (Å²) in [6.45, 7) is 7.06. The van der Waals surface area contributed by atoms with Gasteiger partial charge < -0.3 is 21.3 Å². The van der Waals surface area contributed by atoms with Gasteiger partial charge in [-0.05, 0) is 87.6 Å². The molecule has 2 fully saturated rings. The van der Waals surface area contributed by atoms with Crippen LogP contribution in [-0.2, 0) is 27.2 Å². The molecule has 3 aliphatic rings. The molecule has 1 aliphatic heterocycles. The first-order chi connectivity index (χ1) is 20.5. The van der Waals surface area contributed by atoms with E-state index in [4.69, 9.17) is 17.3 Å². The largest absolute Gasteiger partial charge is 0.351 e. The highest BCUT2D eigenvalue weighted by atomic mass is 35.5. The van der Waals surface area contributed by atoms with Gasteiger partial charge in [-0.1, -0.05) is 67.3 Å². The molecule has 7 nitrogen and oxygen atoms in total. The second-order valence-electron chi connectivity index (χ2n) is 13.9. The number of rotatable bonds is 7. The summed E-state index contributed by atoms with van der Waals surface area (Å²) < 4.78 is 0. The van der Waals surface area contributed by atoms with E-state index in [1.807, 2.05) is 62.1 Å². The molecule has 232 valence electrons. The van der Waals surface area contributed by atoms with Crippen molar-refractivity contribution in [2.24, 2.45) is 23.0 Å². The zero-order valence-electron chi connectivity index (χ0n) is 25.8. The lowest BCUT2D eigenvalue weighted by Crippen LogP contribution is -2.59. The minimum Gasteiger partial charge on any atom is -0.351 e. The van der Waals surface area contributed by atoms with Gasteiger partial charge in [-0.25, -0.2) is 0 Å². The summed E-state index contributed by atoms with van der Waals surface area (Å²) in [6, 6.07) is 14.1. The first-order valence-corrected chi connectivity index (χ1v) is 16.3. The molecular formula is C35H47ClN4O3. The van der Waals surface area contributed by atoms with Crippen LogP contribution in [0, 0.1) is 17.3 Å². The number of hydrogen-bond acceptors (Lipinski definition) is 4. The summed E-state index contributed by atoms with van der Waals surface area (Å²) in [5.41, 5.74) is 8.72. The molecule has 0 radical (unpaired) electrons. The van der Waals surface area contributed by atoms with E-state index in [0.717, 1.165) is 42.4 Å². The summed E-state index contributed by atoms with van der Waals surface area (Å²) in [5.74, 6) is -0.287. The molecule has 4 N–H and O–H groups in total. The van der Waals surface area contributed by atoms with E-state index in [2.05, 4.69) is 10.6 Å². The number of fused-ring (bicyclic) bond motifs is 1. The van der Waals surface area contributed by atoms with E-state index < -0.39 is 23.4 Å². The first-order valence-electron chi connectivity index (χ1n) is 16.0. The fourth-order valence-corrected chi connectivity index (χ4v) is 7.63. The molecule has 0 bridgehead atoms. The van der Waals surface area contributed by atoms with Gasteiger partial charge in [0.15, 0.2) is 0 Å². The lowest BCUT2D eigenvalue weighted by molar-refractivity contribution is -0.147. The van der Waals surface area contributed by atoms with Crippen LogP contribution in [0.3, 0.4) is 0 Å². The average Bonchev–Trinajstić information content (AvgIpc) is 3.33. The highest BCUT2D eigenvalue weighted by molar-refractivity contribution is 6.30. The summed E-state index contributed by atoms with van der Waals surface area (Å²) in [5, 5.41) is 7.00. The Balaban J connectivity index is 1.33. The van der Waals surface area contributed by atoms with Crippen molar-refractivity contribution in [2.75, 3.05) is 13.1 Å². The number of benzene rings is 2. The third kappa shape index (κ3) is 7.09. The SMILES string of the molecule is CC(C)(C)NC(=O)C1(C2CCCCC2)CCN(C(=O)[C@@H](Cc2ccc(Cl)cc2)NC(=O)C2Cc3ccccc3C2N)CC1. The van der Waals surface area contributed by atoms with Gasteiger partial charge in [0.1, 0.15) is 6.04 Å². The number of hydrogen-bond donors (Lipinski definition) is 3. The molecule has 2 unspecified atom stereocenters. The number of halogens is 1. The maximum atomic E-state index is 14.2. The van der Waals surface area contributed by atoms with E-state index in [0.29, 0.717) is 49.7 Å². The Morgan fingerprint density at radius 3 is 2.28 bits per heavy atom. The van der Waals surface area contributed by atoms with Crippen LogP contribution in [0.2, 0.25) is 5.02 Å². The van der Waals surface area contributed by atoms with Gasteiger partial charge in [0.05, 0.1) is 11.3 Å². The third-order valence-corrected chi connectivity index (χ3v) is 10.1. The fraction of sp³-hybridized carbons (Fsp3) is 0.571. The Labute approximate surface area is 261 Å². The van der Waals surface area contributed by atoms with E-state index >= 15 is 0 Å². The minimum absolute atomic E-state index is 0.110. The predicted molar refractivity (Wildman–Crippen MR) is 170 cm³/mol. The lowest BCUT2D eigenvalue weighted by Gasteiger charge is -2.48. The van der Waals surface area contributed by atoms with Crippen LogP contribution in [0.5, 0.6) is 0 Å². The molecular weight excluding hydrogens is 560 g/mol. The monoisotopic (exact) mass is 606 g/mol. The maximum absolute atomic E-state index is 14.2. The first kappa shape index (κ1) is 31.5. The van der Waals surface area contributed by atoms with Gasteiger partial charge in [-0.3, -0.25) is 14.4 Å². The summed E-state index contributed by atoms with van der Waals surface area (Å²) in [6.07, 6.45) is 7.83.